The summed E-state index contributed by atoms with van der Waals surface area (Å²) in [5.74, 6) is 1.42. The van der Waals surface area contributed by atoms with Gasteiger partial charge in [-0.2, -0.15) is 0 Å². The first-order chi connectivity index (χ1) is 14.7. The van der Waals surface area contributed by atoms with Crippen LogP contribution in [0.3, 0.4) is 0 Å². The van der Waals surface area contributed by atoms with Crippen molar-refractivity contribution in [3.05, 3.63) is 72.8 Å². The van der Waals surface area contributed by atoms with Gasteiger partial charge in [0.05, 0.1) is 32.3 Å². The van der Waals surface area contributed by atoms with Gasteiger partial charge >= 0.3 is 6.03 Å². The van der Waals surface area contributed by atoms with E-state index < -0.39 is 0 Å². The molecule has 0 atom stereocenters. The zero-order chi connectivity index (χ0) is 21.2. The molecule has 1 N–H and O–H groups in total. The van der Waals surface area contributed by atoms with Gasteiger partial charge in [0.25, 0.3) is 0 Å². The summed E-state index contributed by atoms with van der Waals surface area (Å²) in [6.45, 7) is 4.34. The van der Waals surface area contributed by atoms with Crippen molar-refractivity contribution in [1.82, 2.24) is 14.5 Å². The van der Waals surface area contributed by atoms with E-state index in [1.165, 1.54) is 0 Å². The molecule has 1 aromatic heterocycles. The second kappa shape index (κ2) is 10.9. The number of aromatic nitrogens is 2. The maximum atomic E-state index is 13.1. The molecule has 0 fully saturated rings. The van der Waals surface area contributed by atoms with Crippen molar-refractivity contribution in [3.63, 3.8) is 0 Å². The molecule has 1 heterocycles. The van der Waals surface area contributed by atoms with E-state index >= 15 is 0 Å². The fraction of sp³-hybridized carbons (Fsp3) is 0.304. The number of hydrogen-bond acceptors (Lipinski definition) is 4. The fourth-order valence-corrected chi connectivity index (χ4v) is 3.19. The number of benzene rings is 2. The number of ether oxygens (including phenoxy) is 2. The van der Waals surface area contributed by atoms with Crippen molar-refractivity contribution in [3.8, 4) is 11.5 Å². The first-order valence-electron chi connectivity index (χ1n) is 10.1. The summed E-state index contributed by atoms with van der Waals surface area (Å²) < 4.78 is 13.1. The SMILES string of the molecule is CCOc1ccccc1CN(CCCn1ccnc1)C(=O)Nc1ccccc1OC. The van der Waals surface area contributed by atoms with Gasteiger partial charge in [-0.1, -0.05) is 30.3 Å². The highest BCUT2D eigenvalue weighted by atomic mass is 16.5. The highest BCUT2D eigenvalue weighted by molar-refractivity contribution is 5.91. The molecule has 0 aliphatic carbocycles. The first-order valence-corrected chi connectivity index (χ1v) is 10.1. The Morgan fingerprint density at radius 2 is 1.90 bits per heavy atom. The lowest BCUT2D eigenvalue weighted by atomic mass is 10.2. The van der Waals surface area contributed by atoms with Crippen LogP contribution < -0.4 is 14.8 Å². The van der Waals surface area contributed by atoms with Crippen molar-refractivity contribution in [2.75, 3.05) is 25.6 Å². The van der Waals surface area contributed by atoms with E-state index in [1.54, 1.807) is 24.5 Å². The molecule has 0 aliphatic heterocycles. The Labute approximate surface area is 177 Å². The molecule has 158 valence electrons. The van der Waals surface area contributed by atoms with Crippen LogP contribution in [0.2, 0.25) is 0 Å². The standard InChI is InChI=1S/C23H28N4O3/c1-3-30-21-11-6-4-9-19(21)17-27(15-8-14-26-16-13-24-18-26)23(28)25-20-10-5-7-12-22(20)29-2/h4-7,9-13,16,18H,3,8,14-15,17H2,1-2H3,(H,25,28). The molecule has 3 rings (SSSR count). The van der Waals surface area contributed by atoms with Gasteiger partial charge in [0.2, 0.25) is 0 Å². The average molecular weight is 409 g/mol. The third-order valence-electron chi connectivity index (χ3n) is 4.67. The maximum absolute atomic E-state index is 13.1. The number of anilines is 1. The van der Waals surface area contributed by atoms with Crippen molar-refractivity contribution in [2.24, 2.45) is 0 Å². The van der Waals surface area contributed by atoms with Gasteiger partial charge < -0.3 is 24.3 Å². The Kier molecular flexibility index (Phi) is 7.71. The summed E-state index contributed by atoms with van der Waals surface area (Å²) in [5, 5.41) is 2.98. The van der Waals surface area contributed by atoms with Gasteiger partial charge in [0, 0.05) is 31.0 Å². The summed E-state index contributed by atoms with van der Waals surface area (Å²) in [6, 6.07) is 15.0. The molecule has 0 spiro atoms. The minimum Gasteiger partial charge on any atom is -0.495 e. The fourth-order valence-electron chi connectivity index (χ4n) is 3.19. The number of carbonyl (C=O) groups excluding carboxylic acids is 1. The van der Waals surface area contributed by atoms with Crippen LogP contribution >= 0.6 is 0 Å². The Bertz CT molecular complexity index is 928. The van der Waals surface area contributed by atoms with Crippen molar-refractivity contribution in [2.45, 2.75) is 26.4 Å². The molecule has 7 nitrogen and oxygen atoms in total. The highest BCUT2D eigenvalue weighted by Crippen LogP contribution is 2.25. The van der Waals surface area contributed by atoms with Crippen LogP contribution in [0.25, 0.3) is 0 Å². The zero-order valence-corrected chi connectivity index (χ0v) is 17.5. The molecule has 0 radical (unpaired) electrons. The van der Waals surface area contributed by atoms with Crippen molar-refractivity contribution >= 4 is 11.7 Å². The Balaban J connectivity index is 1.75. The number of hydrogen-bond donors (Lipinski definition) is 1. The zero-order valence-electron chi connectivity index (χ0n) is 17.5. The summed E-state index contributed by atoms with van der Waals surface area (Å²) in [6.07, 6.45) is 6.25. The third kappa shape index (κ3) is 5.76. The second-order valence-electron chi connectivity index (χ2n) is 6.75. The smallest absolute Gasteiger partial charge is 0.322 e. The molecule has 30 heavy (non-hydrogen) atoms. The lowest BCUT2D eigenvalue weighted by Crippen LogP contribution is -2.36. The van der Waals surface area contributed by atoms with Gasteiger partial charge in [0.15, 0.2) is 0 Å². The molecule has 0 bridgehead atoms. The lowest BCUT2D eigenvalue weighted by Gasteiger charge is -2.25. The number of para-hydroxylation sites is 3. The Morgan fingerprint density at radius 3 is 2.63 bits per heavy atom. The number of nitrogens with zero attached hydrogens (tertiary/aromatic N) is 3. The van der Waals surface area contributed by atoms with Gasteiger partial charge in [-0.15, -0.1) is 0 Å². The Morgan fingerprint density at radius 1 is 1.13 bits per heavy atom. The van der Waals surface area contributed by atoms with Crippen molar-refractivity contribution < 1.29 is 14.3 Å². The summed E-state index contributed by atoms with van der Waals surface area (Å²) >= 11 is 0. The number of aryl methyl sites for hydroxylation is 1. The Hall–Kier alpha value is -3.48. The molecule has 2 aromatic carbocycles. The van der Waals surface area contributed by atoms with Crippen LogP contribution in [-0.2, 0) is 13.1 Å². The molecule has 7 heteroatoms. The lowest BCUT2D eigenvalue weighted by molar-refractivity contribution is 0.206. The van der Waals surface area contributed by atoms with E-state index in [2.05, 4.69) is 10.3 Å². The van der Waals surface area contributed by atoms with Gasteiger partial charge in [-0.3, -0.25) is 0 Å². The monoisotopic (exact) mass is 408 g/mol. The first kappa shape index (κ1) is 21.2. The average Bonchev–Trinajstić information content (AvgIpc) is 3.28. The van der Waals surface area contributed by atoms with E-state index in [0.717, 1.165) is 24.3 Å². The summed E-state index contributed by atoms with van der Waals surface area (Å²) in [7, 11) is 1.59. The quantitative estimate of drug-likeness (QED) is 0.539. The van der Waals surface area contributed by atoms with Crippen LogP contribution in [0, 0.1) is 0 Å². The maximum Gasteiger partial charge on any atom is 0.322 e. The molecule has 3 aromatic rings. The predicted molar refractivity (Wildman–Crippen MR) is 117 cm³/mol. The van der Waals surface area contributed by atoms with E-state index in [9.17, 15) is 4.79 Å². The molecule has 0 saturated heterocycles. The third-order valence-corrected chi connectivity index (χ3v) is 4.67. The summed E-state index contributed by atoms with van der Waals surface area (Å²) in [5.41, 5.74) is 1.61. The van der Waals surface area contributed by atoms with Crippen LogP contribution in [0.5, 0.6) is 11.5 Å². The second-order valence-corrected chi connectivity index (χ2v) is 6.75. The van der Waals surface area contributed by atoms with Crippen molar-refractivity contribution in [1.29, 1.82) is 0 Å². The minimum atomic E-state index is -0.184. The molecular weight excluding hydrogens is 380 g/mol. The van der Waals surface area contributed by atoms with E-state index in [-0.39, 0.29) is 6.03 Å². The van der Waals surface area contributed by atoms with Crippen LogP contribution in [0.1, 0.15) is 18.9 Å². The number of urea groups is 1. The van der Waals surface area contributed by atoms with Gasteiger partial charge in [-0.05, 0) is 31.5 Å². The van der Waals surface area contributed by atoms with Crippen LogP contribution in [-0.4, -0.2) is 40.7 Å². The number of methoxy groups -OCH3 is 1. The van der Waals surface area contributed by atoms with Gasteiger partial charge in [0.1, 0.15) is 11.5 Å². The van der Waals surface area contributed by atoms with Gasteiger partial charge in [-0.25, -0.2) is 9.78 Å². The van der Waals surface area contributed by atoms with E-state index in [1.807, 2.05) is 66.2 Å². The minimum absolute atomic E-state index is 0.184. The normalized spacial score (nSPS) is 10.5. The number of nitrogens with one attached hydrogen (secondary N) is 1. The van der Waals surface area contributed by atoms with Crippen LogP contribution in [0.15, 0.2) is 67.3 Å². The largest absolute Gasteiger partial charge is 0.495 e. The topological polar surface area (TPSA) is 68.6 Å². The highest BCUT2D eigenvalue weighted by Gasteiger charge is 2.17. The number of amides is 2. The molecule has 0 aliphatic rings. The molecule has 2 amide bonds. The van der Waals surface area contributed by atoms with Crippen LogP contribution in [0.4, 0.5) is 10.5 Å². The molecular formula is C23H28N4O3. The molecule has 0 saturated carbocycles. The number of rotatable bonds is 10. The molecule has 0 unspecified atom stereocenters. The predicted octanol–water partition coefficient (Wildman–Crippen LogP) is 4.41. The van der Waals surface area contributed by atoms with E-state index in [0.29, 0.717) is 31.1 Å². The summed E-state index contributed by atoms with van der Waals surface area (Å²) in [4.78, 5) is 19.0. The van der Waals surface area contributed by atoms with E-state index in [4.69, 9.17) is 9.47 Å². The number of imidazole rings is 1. The number of carbonyl (C=O) groups is 1.